The van der Waals surface area contributed by atoms with Crippen LogP contribution in [0.1, 0.15) is 17.0 Å². The van der Waals surface area contributed by atoms with E-state index in [0.717, 1.165) is 32.8 Å². The summed E-state index contributed by atoms with van der Waals surface area (Å²) < 4.78 is 2.20. The van der Waals surface area contributed by atoms with Gasteiger partial charge in [0.2, 0.25) is 0 Å². The molecule has 0 radical (unpaired) electrons. The van der Waals surface area contributed by atoms with Gasteiger partial charge in [-0.3, -0.25) is 9.36 Å². The van der Waals surface area contributed by atoms with Crippen LogP contribution in [0, 0.1) is 22.7 Å². The van der Waals surface area contributed by atoms with Gasteiger partial charge in [0.15, 0.2) is 0 Å². The minimum atomic E-state index is -0.645. The van der Waals surface area contributed by atoms with Gasteiger partial charge in [0.05, 0.1) is 33.7 Å². The van der Waals surface area contributed by atoms with Crippen LogP contribution in [0.25, 0.3) is 39.1 Å². The number of nitrogens with two attached hydrogens (primary N) is 1. The van der Waals surface area contributed by atoms with Gasteiger partial charge in [-0.15, -0.1) is 11.3 Å². The Labute approximate surface area is 203 Å². The van der Waals surface area contributed by atoms with Gasteiger partial charge in [-0.05, 0) is 28.5 Å². The summed E-state index contributed by atoms with van der Waals surface area (Å²) in [5.74, 6) is -0.576. The first kappa shape index (κ1) is 20.7. The minimum absolute atomic E-state index is 0.0690. The molecule has 0 amide bonds. The highest BCUT2D eigenvalue weighted by atomic mass is 32.1. The lowest BCUT2D eigenvalue weighted by molar-refractivity contribution is 0.907. The zero-order valence-corrected chi connectivity index (χ0v) is 19.1. The molecule has 1 aliphatic heterocycles. The van der Waals surface area contributed by atoms with E-state index < -0.39 is 5.92 Å². The minimum Gasteiger partial charge on any atom is -0.384 e. The predicted molar refractivity (Wildman–Crippen MR) is 138 cm³/mol. The predicted octanol–water partition coefficient (Wildman–Crippen LogP) is 3.50. The molecular formula is C28H17N5OS. The Morgan fingerprint density at radius 3 is 2.51 bits per heavy atom. The maximum Gasteiger partial charge on any atom is 0.274 e. The van der Waals surface area contributed by atoms with Crippen LogP contribution in [-0.2, 0) is 0 Å². The SMILES string of the molecule is N#CC1=C(N)n2c(s/c(=C\c3c[nH]c4ccccc34)c2=O)=C(C#N)C1c1ccc2ccccc2c1. The number of fused-ring (bicyclic) bond motifs is 3. The van der Waals surface area contributed by atoms with Gasteiger partial charge in [0.1, 0.15) is 10.5 Å². The van der Waals surface area contributed by atoms with E-state index in [1.807, 2.05) is 72.9 Å². The fourth-order valence-corrected chi connectivity index (χ4v) is 5.85. The molecule has 0 spiro atoms. The second-order valence-corrected chi connectivity index (χ2v) is 9.35. The van der Waals surface area contributed by atoms with Crippen molar-refractivity contribution in [2.24, 2.45) is 5.73 Å². The molecule has 0 saturated carbocycles. The molecule has 0 bridgehead atoms. The monoisotopic (exact) mass is 471 g/mol. The number of hydrogen-bond acceptors (Lipinski definition) is 5. The van der Waals surface area contributed by atoms with Crippen LogP contribution in [0.15, 0.2) is 83.3 Å². The van der Waals surface area contributed by atoms with Crippen molar-refractivity contribution in [3.05, 3.63) is 109 Å². The van der Waals surface area contributed by atoms with E-state index in [0.29, 0.717) is 14.8 Å². The Morgan fingerprint density at radius 2 is 1.71 bits per heavy atom. The zero-order valence-electron chi connectivity index (χ0n) is 18.3. The van der Waals surface area contributed by atoms with Crippen molar-refractivity contribution in [1.82, 2.24) is 9.55 Å². The first-order valence-corrected chi connectivity index (χ1v) is 11.7. The topological polar surface area (TPSA) is 111 Å². The summed E-state index contributed by atoms with van der Waals surface area (Å²) in [6, 6.07) is 26.0. The van der Waals surface area contributed by atoms with Crippen LogP contribution < -0.4 is 20.5 Å². The molecule has 3 heterocycles. The number of rotatable bonds is 2. The number of H-pyrrole nitrogens is 1. The third kappa shape index (κ3) is 3.11. The molecule has 0 saturated heterocycles. The maximum absolute atomic E-state index is 13.4. The van der Waals surface area contributed by atoms with E-state index in [4.69, 9.17) is 5.73 Å². The van der Waals surface area contributed by atoms with Crippen LogP contribution in [0.3, 0.4) is 0 Å². The first-order valence-electron chi connectivity index (χ1n) is 10.9. The molecule has 5 aromatic rings. The van der Waals surface area contributed by atoms with Gasteiger partial charge in [-0.1, -0.05) is 60.7 Å². The Hall–Kier alpha value is -4.85. The third-order valence-electron chi connectivity index (χ3n) is 6.40. The fraction of sp³-hybridized carbons (Fsp3) is 0.0357. The number of aromatic nitrogens is 2. The van der Waals surface area contributed by atoms with Crippen LogP contribution in [0.4, 0.5) is 0 Å². The molecule has 1 atom stereocenters. The second kappa shape index (κ2) is 7.88. The number of hydrogen-bond donors (Lipinski definition) is 2. The molecular weight excluding hydrogens is 454 g/mol. The molecule has 0 fully saturated rings. The smallest absolute Gasteiger partial charge is 0.274 e. The quantitative estimate of drug-likeness (QED) is 0.410. The number of nitrogens with one attached hydrogen (secondary N) is 1. The number of allylic oxidation sites excluding steroid dienone is 1. The molecule has 0 aliphatic carbocycles. The third-order valence-corrected chi connectivity index (χ3v) is 7.51. The Bertz CT molecular complexity index is 1970. The normalized spacial score (nSPS) is 15.9. The summed E-state index contributed by atoms with van der Waals surface area (Å²) in [6.07, 6.45) is 3.65. The first-order chi connectivity index (χ1) is 17.1. The fourth-order valence-electron chi connectivity index (χ4n) is 4.73. The van der Waals surface area contributed by atoms with Crippen molar-refractivity contribution in [2.75, 3.05) is 0 Å². The summed E-state index contributed by atoms with van der Waals surface area (Å²) in [6.45, 7) is 0. The van der Waals surface area contributed by atoms with E-state index in [-0.39, 0.29) is 17.0 Å². The van der Waals surface area contributed by atoms with Crippen LogP contribution in [-0.4, -0.2) is 9.55 Å². The van der Waals surface area contributed by atoms with Crippen LogP contribution in [0.5, 0.6) is 0 Å². The molecule has 6 nitrogen and oxygen atoms in total. The summed E-state index contributed by atoms with van der Waals surface area (Å²) >= 11 is 1.22. The molecule has 2 aromatic heterocycles. The number of thiazole rings is 1. The molecule has 1 aliphatic rings. The van der Waals surface area contributed by atoms with Crippen LogP contribution >= 0.6 is 11.3 Å². The zero-order chi connectivity index (χ0) is 24.1. The van der Waals surface area contributed by atoms with Crippen molar-refractivity contribution in [2.45, 2.75) is 5.92 Å². The van der Waals surface area contributed by atoms with Gasteiger partial charge in [0.25, 0.3) is 5.56 Å². The lowest BCUT2D eigenvalue weighted by atomic mass is 9.83. The van der Waals surface area contributed by atoms with Crippen molar-refractivity contribution < 1.29 is 0 Å². The number of benzene rings is 3. The van der Waals surface area contributed by atoms with E-state index in [2.05, 4.69) is 17.1 Å². The van der Waals surface area contributed by atoms with Crippen molar-refractivity contribution in [3.8, 4) is 12.1 Å². The van der Waals surface area contributed by atoms with Crippen LogP contribution in [0.2, 0.25) is 0 Å². The number of para-hydroxylation sites is 1. The molecule has 3 N–H and O–H groups in total. The van der Waals surface area contributed by atoms with Gasteiger partial charge in [-0.25, -0.2) is 0 Å². The Balaban J connectivity index is 1.64. The highest BCUT2D eigenvalue weighted by Gasteiger charge is 2.32. The van der Waals surface area contributed by atoms with E-state index in [1.165, 1.54) is 15.9 Å². The second-order valence-electron chi connectivity index (χ2n) is 8.32. The lowest BCUT2D eigenvalue weighted by Gasteiger charge is -2.22. The standard InChI is InChI=1S/C28H17N5OS/c29-13-21-25(18-10-9-16-5-1-2-6-17(16)11-18)22(14-30)28-33(26(21)31)27(34)24(35-28)12-19-15-32-23-8-4-3-7-20(19)23/h1-12,15,25,32H,31H2/b24-12-. The number of aromatic amines is 1. The summed E-state index contributed by atoms with van der Waals surface area (Å²) in [5.41, 5.74) is 9.23. The molecule has 1 unspecified atom stereocenters. The van der Waals surface area contributed by atoms with Gasteiger partial charge in [0, 0.05) is 22.7 Å². The maximum atomic E-state index is 13.4. The Kier molecular flexibility index (Phi) is 4.67. The largest absolute Gasteiger partial charge is 0.384 e. The highest BCUT2D eigenvalue weighted by molar-refractivity contribution is 7.07. The average molecular weight is 472 g/mol. The lowest BCUT2D eigenvalue weighted by Crippen LogP contribution is -2.38. The van der Waals surface area contributed by atoms with Gasteiger partial charge < -0.3 is 10.7 Å². The summed E-state index contributed by atoms with van der Waals surface area (Å²) in [5, 5.41) is 23.3. The van der Waals surface area contributed by atoms with E-state index in [1.54, 1.807) is 6.08 Å². The summed E-state index contributed by atoms with van der Waals surface area (Å²) in [4.78, 5) is 16.6. The van der Waals surface area contributed by atoms with E-state index >= 15 is 0 Å². The number of nitrogens with zero attached hydrogens (tertiary/aromatic N) is 3. The number of nitriles is 2. The highest BCUT2D eigenvalue weighted by Crippen LogP contribution is 2.36. The van der Waals surface area contributed by atoms with Gasteiger partial charge in [-0.2, -0.15) is 10.5 Å². The summed E-state index contributed by atoms with van der Waals surface area (Å²) in [7, 11) is 0. The van der Waals surface area contributed by atoms with Crippen molar-refractivity contribution >= 4 is 50.5 Å². The Morgan fingerprint density at radius 1 is 0.971 bits per heavy atom. The van der Waals surface area contributed by atoms with Crippen molar-refractivity contribution in [1.29, 1.82) is 10.5 Å². The van der Waals surface area contributed by atoms with Crippen molar-refractivity contribution in [3.63, 3.8) is 0 Å². The molecule has 7 heteroatoms. The molecule has 3 aromatic carbocycles. The average Bonchev–Trinajstić information content (AvgIpc) is 3.45. The van der Waals surface area contributed by atoms with E-state index in [9.17, 15) is 15.3 Å². The molecule has 35 heavy (non-hydrogen) atoms. The molecule has 6 rings (SSSR count). The van der Waals surface area contributed by atoms with Gasteiger partial charge >= 0.3 is 0 Å². The molecule has 166 valence electrons.